The van der Waals surface area contributed by atoms with E-state index in [9.17, 15) is 5.21 Å². The quantitative estimate of drug-likeness (QED) is 0.501. The van der Waals surface area contributed by atoms with Gasteiger partial charge in [0.25, 0.3) is 0 Å². The monoisotopic (exact) mass is 118 g/mol. The summed E-state index contributed by atoms with van der Waals surface area (Å²) in [5, 5.41) is 10.2. The van der Waals surface area contributed by atoms with Gasteiger partial charge in [0.2, 0.25) is 0 Å². The Morgan fingerprint density at radius 1 is 1.88 bits per heavy atom. The molecule has 0 aromatic rings. The van der Waals surface area contributed by atoms with Gasteiger partial charge < -0.3 is 5.21 Å². The van der Waals surface area contributed by atoms with Crippen molar-refractivity contribution in [3.63, 3.8) is 0 Å². The average Bonchev–Trinajstić information content (AvgIpc) is 2.14. The van der Waals surface area contributed by atoms with E-state index in [1.54, 1.807) is 0 Å². The maximum absolute atomic E-state index is 10.1. The van der Waals surface area contributed by atoms with Gasteiger partial charge in [-0.05, 0) is 6.42 Å². The molecule has 0 radical (unpaired) electrons. The summed E-state index contributed by atoms with van der Waals surface area (Å²) >= 11 is 0. The topological polar surface area (TPSA) is 44.8 Å². The molecule has 0 N–H and O–H groups in total. The molecule has 1 rings (SSSR count). The average molecular weight is 118 g/mol. The molecular formula is C4H8NO3-. The molecule has 1 heterocycles. The van der Waals surface area contributed by atoms with Crippen molar-refractivity contribution < 1.29 is 9.68 Å². The fourth-order valence-corrected chi connectivity index (χ4v) is 0.519. The van der Waals surface area contributed by atoms with Crippen molar-refractivity contribution in [3.05, 3.63) is 5.21 Å². The molecule has 48 valence electrons. The summed E-state index contributed by atoms with van der Waals surface area (Å²) < 4.78 is 0. The van der Waals surface area contributed by atoms with Crippen LogP contribution < -0.4 is 0 Å². The number of hydrogen-bond donors (Lipinski definition) is 0. The molecule has 0 saturated carbocycles. The number of rotatable bonds is 1. The van der Waals surface area contributed by atoms with E-state index in [0.717, 1.165) is 6.42 Å². The Morgan fingerprint density at radius 2 is 2.62 bits per heavy atom. The second-order valence-electron chi connectivity index (χ2n) is 1.66. The molecule has 1 atom stereocenters. The minimum Gasteiger partial charge on any atom is -0.738 e. The number of nitrogens with zero attached hydrogens (tertiary/aromatic N) is 1. The fourth-order valence-electron chi connectivity index (χ4n) is 0.519. The van der Waals surface area contributed by atoms with E-state index < -0.39 is 0 Å². The van der Waals surface area contributed by atoms with Crippen LogP contribution in [0.4, 0.5) is 0 Å². The zero-order chi connectivity index (χ0) is 5.98. The van der Waals surface area contributed by atoms with Crippen molar-refractivity contribution >= 4 is 0 Å². The Labute approximate surface area is 47.5 Å². The van der Waals surface area contributed by atoms with Gasteiger partial charge >= 0.3 is 0 Å². The third-order valence-electron chi connectivity index (χ3n) is 1.06. The Kier molecular flexibility index (Phi) is 1.80. The van der Waals surface area contributed by atoms with Gasteiger partial charge in [-0.2, -0.15) is 0 Å². The van der Waals surface area contributed by atoms with E-state index in [2.05, 4.69) is 9.68 Å². The fraction of sp³-hybridized carbons (Fsp3) is 1.00. The SMILES string of the molecule is CCC1CON([O-])O1. The molecule has 0 aromatic carbocycles. The zero-order valence-corrected chi connectivity index (χ0v) is 4.66. The highest BCUT2D eigenvalue weighted by Gasteiger charge is 2.15. The Balaban J connectivity index is 2.22. The molecule has 0 spiro atoms. The molecule has 1 aliphatic rings. The second kappa shape index (κ2) is 2.41. The molecule has 0 bridgehead atoms. The molecule has 0 aromatic heterocycles. The molecule has 4 nitrogen and oxygen atoms in total. The lowest BCUT2D eigenvalue weighted by Gasteiger charge is -2.16. The summed E-state index contributed by atoms with van der Waals surface area (Å²) in [5.41, 5.74) is 0. The first-order chi connectivity index (χ1) is 3.83. The van der Waals surface area contributed by atoms with Crippen LogP contribution in [0.2, 0.25) is 0 Å². The first kappa shape index (κ1) is 5.97. The van der Waals surface area contributed by atoms with Crippen molar-refractivity contribution in [2.24, 2.45) is 0 Å². The van der Waals surface area contributed by atoms with Gasteiger partial charge in [-0.25, -0.2) is 0 Å². The standard InChI is InChI=1S/C4H8NO3/c1-2-4-3-7-5(6)8-4/h4H,2-3H2,1H3/q-1. The van der Waals surface area contributed by atoms with Crippen LogP contribution in [-0.4, -0.2) is 18.1 Å². The number of hydrogen-bond acceptors (Lipinski definition) is 4. The Bertz CT molecular complexity index is 77.7. The predicted octanol–water partition coefficient (Wildman–Crippen LogP) is 0.442. The molecule has 8 heavy (non-hydrogen) atoms. The first-order valence-electron chi connectivity index (χ1n) is 2.60. The first-order valence-corrected chi connectivity index (χ1v) is 2.60. The van der Waals surface area contributed by atoms with Crippen LogP contribution in [0.1, 0.15) is 13.3 Å². The molecule has 0 amide bonds. The minimum atomic E-state index is -0.0347. The Morgan fingerprint density at radius 3 is 2.88 bits per heavy atom. The van der Waals surface area contributed by atoms with Gasteiger partial charge in [-0.15, -0.1) is 5.39 Å². The van der Waals surface area contributed by atoms with Crippen LogP contribution in [0, 0.1) is 5.21 Å². The normalized spacial score (nSPS) is 31.5. The van der Waals surface area contributed by atoms with E-state index in [4.69, 9.17) is 0 Å². The highest BCUT2D eigenvalue weighted by atomic mass is 17.1. The highest BCUT2D eigenvalue weighted by Crippen LogP contribution is 2.09. The van der Waals surface area contributed by atoms with Gasteiger partial charge in [0.15, 0.2) is 0 Å². The molecule has 1 saturated heterocycles. The van der Waals surface area contributed by atoms with Gasteiger partial charge in [-0.3, -0.25) is 9.68 Å². The lowest BCUT2D eigenvalue weighted by Crippen LogP contribution is -2.10. The third-order valence-corrected chi connectivity index (χ3v) is 1.06. The molecule has 0 aliphatic carbocycles. The summed E-state index contributed by atoms with van der Waals surface area (Å²) in [5.74, 6) is 0. The summed E-state index contributed by atoms with van der Waals surface area (Å²) in [6.45, 7) is 2.33. The van der Waals surface area contributed by atoms with Gasteiger partial charge in [0, 0.05) is 0 Å². The molecule has 1 unspecified atom stereocenters. The minimum absolute atomic E-state index is 0.0347. The maximum atomic E-state index is 10.1. The van der Waals surface area contributed by atoms with Crippen LogP contribution >= 0.6 is 0 Å². The van der Waals surface area contributed by atoms with Crippen molar-refractivity contribution in [2.75, 3.05) is 6.61 Å². The summed E-state index contributed by atoms with van der Waals surface area (Å²) in [4.78, 5) is 8.98. The highest BCUT2D eigenvalue weighted by molar-refractivity contribution is 4.54. The van der Waals surface area contributed by atoms with E-state index in [-0.39, 0.29) is 11.5 Å². The van der Waals surface area contributed by atoms with Crippen LogP contribution in [0.15, 0.2) is 0 Å². The zero-order valence-electron chi connectivity index (χ0n) is 4.66. The molecular weight excluding hydrogens is 110 g/mol. The molecule has 4 heteroatoms. The lowest BCUT2D eigenvalue weighted by atomic mass is 10.3. The van der Waals surface area contributed by atoms with Crippen molar-refractivity contribution in [1.82, 2.24) is 5.39 Å². The summed E-state index contributed by atoms with van der Waals surface area (Å²) in [6.07, 6.45) is 0.783. The lowest BCUT2D eigenvalue weighted by molar-refractivity contribution is -0.270. The van der Waals surface area contributed by atoms with Crippen LogP contribution in [0.3, 0.4) is 0 Å². The van der Waals surface area contributed by atoms with Gasteiger partial charge in [0.05, 0.1) is 6.61 Å². The second-order valence-corrected chi connectivity index (χ2v) is 1.66. The maximum Gasteiger partial charge on any atom is 0.106 e. The third kappa shape index (κ3) is 1.16. The van der Waals surface area contributed by atoms with Crippen LogP contribution in [0.5, 0.6) is 0 Å². The molecule has 1 aliphatic heterocycles. The van der Waals surface area contributed by atoms with Gasteiger partial charge in [-0.1, -0.05) is 6.92 Å². The summed E-state index contributed by atoms with van der Waals surface area (Å²) in [6, 6.07) is 0. The largest absolute Gasteiger partial charge is 0.738 e. The van der Waals surface area contributed by atoms with E-state index in [1.165, 1.54) is 0 Å². The smallest absolute Gasteiger partial charge is 0.106 e. The van der Waals surface area contributed by atoms with Crippen LogP contribution in [-0.2, 0) is 9.68 Å². The van der Waals surface area contributed by atoms with E-state index >= 15 is 0 Å². The van der Waals surface area contributed by atoms with Gasteiger partial charge in [0.1, 0.15) is 6.10 Å². The van der Waals surface area contributed by atoms with Crippen molar-refractivity contribution in [3.8, 4) is 0 Å². The van der Waals surface area contributed by atoms with E-state index in [1.807, 2.05) is 6.92 Å². The summed E-state index contributed by atoms with van der Waals surface area (Å²) in [7, 11) is 0. The predicted molar refractivity (Wildman–Crippen MR) is 26.3 cm³/mol. The van der Waals surface area contributed by atoms with E-state index in [0.29, 0.717) is 6.61 Å². The van der Waals surface area contributed by atoms with Crippen LogP contribution in [0.25, 0.3) is 0 Å². The Hall–Kier alpha value is -0.160. The van der Waals surface area contributed by atoms with Crippen molar-refractivity contribution in [1.29, 1.82) is 0 Å². The molecule has 1 fully saturated rings. The van der Waals surface area contributed by atoms with Crippen molar-refractivity contribution in [2.45, 2.75) is 19.4 Å².